The number of benzene rings is 2. The van der Waals surface area contributed by atoms with Crippen molar-refractivity contribution in [1.29, 1.82) is 0 Å². The molecule has 19 heavy (non-hydrogen) atoms. The molecule has 0 N–H and O–H groups in total. The number of nitro benzene ring substituents is 1. The highest BCUT2D eigenvalue weighted by Crippen LogP contribution is 2.32. The molecule has 0 saturated carbocycles. The van der Waals surface area contributed by atoms with Crippen molar-refractivity contribution in [2.45, 2.75) is 12.8 Å². The van der Waals surface area contributed by atoms with Crippen LogP contribution in [0.15, 0.2) is 36.4 Å². The molecule has 0 atom stereocenters. The zero-order valence-corrected chi connectivity index (χ0v) is 10.3. The second-order valence-corrected chi connectivity index (χ2v) is 4.04. The molecule has 0 spiro atoms. The summed E-state index contributed by atoms with van der Waals surface area (Å²) in [5, 5.41) is 12.3. The number of ether oxygens (including phenoxy) is 1. The summed E-state index contributed by atoms with van der Waals surface area (Å²) >= 11 is 0. The predicted molar refractivity (Wildman–Crippen MR) is 74.2 cm³/mol. The Bertz CT molecular complexity index is 643. The summed E-state index contributed by atoms with van der Waals surface area (Å²) in [7, 11) is 0. The number of nitro groups is 1. The van der Waals surface area contributed by atoms with Gasteiger partial charge < -0.3 is 4.74 Å². The lowest BCUT2D eigenvalue weighted by molar-refractivity contribution is -0.383. The fourth-order valence-electron chi connectivity index (χ4n) is 1.90. The van der Waals surface area contributed by atoms with Gasteiger partial charge in [-0.15, -0.1) is 12.3 Å². The zero-order valence-electron chi connectivity index (χ0n) is 10.3. The number of nitrogens with zero attached hydrogens (tertiary/aromatic N) is 1. The fraction of sp³-hybridized carbons (Fsp3) is 0.200. The highest BCUT2D eigenvalue weighted by Gasteiger charge is 2.14. The van der Waals surface area contributed by atoms with Crippen LogP contribution in [0.4, 0.5) is 5.69 Å². The maximum absolute atomic E-state index is 11.0. The SMILES string of the molecule is C#CCCCOc1ccc([N+](=O)[O-])c2ccccc12. The molecule has 0 fully saturated rings. The normalized spacial score (nSPS) is 10.1. The number of unbranched alkanes of at least 4 members (excludes halogenated alkanes) is 1. The van der Waals surface area contributed by atoms with Crippen LogP contribution in [-0.4, -0.2) is 11.5 Å². The summed E-state index contributed by atoms with van der Waals surface area (Å²) in [4.78, 5) is 10.6. The van der Waals surface area contributed by atoms with Gasteiger partial charge in [0, 0.05) is 17.9 Å². The van der Waals surface area contributed by atoms with Crippen LogP contribution in [-0.2, 0) is 0 Å². The van der Waals surface area contributed by atoms with E-state index in [2.05, 4.69) is 5.92 Å². The van der Waals surface area contributed by atoms with Crippen molar-refractivity contribution in [3.05, 3.63) is 46.5 Å². The molecule has 0 bridgehead atoms. The Balaban J connectivity index is 2.33. The second kappa shape index (κ2) is 5.87. The molecule has 0 saturated heterocycles. The molecule has 2 aromatic rings. The first kappa shape index (κ1) is 12.9. The van der Waals surface area contributed by atoms with E-state index in [0.29, 0.717) is 24.2 Å². The van der Waals surface area contributed by atoms with Crippen LogP contribution < -0.4 is 4.74 Å². The Labute approximate surface area is 111 Å². The Kier molecular flexibility index (Phi) is 3.99. The molecule has 0 aliphatic carbocycles. The Morgan fingerprint density at radius 2 is 1.95 bits per heavy atom. The van der Waals surface area contributed by atoms with E-state index in [1.165, 1.54) is 6.07 Å². The quantitative estimate of drug-likeness (QED) is 0.355. The van der Waals surface area contributed by atoms with Crippen LogP contribution in [0, 0.1) is 22.5 Å². The number of rotatable bonds is 5. The highest BCUT2D eigenvalue weighted by molar-refractivity contribution is 5.95. The molecule has 2 aromatic carbocycles. The first-order chi connectivity index (χ1) is 9.24. The molecule has 0 amide bonds. The monoisotopic (exact) mass is 255 g/mol. The maximum atomic E-state index is 11.0. The van der Waals surface area contributed by atoms with Gasteiger partial charge in [0.15, 0.2) is 0 Å². The van der Waals surface area contributed by atoms with E-state index in [4.69, 9.17) is 11.2 Å². The zero-order chi connectivity index (χ0) is 13.7. The topological polar surface area (TPSA) is 52.4 Å². The molecule has 0 aromatic heterocycles. The standard InChI is InChI=1S/C15H13NO3/c1-2-3-6-11-19-15-10-9-14(16(17)18)12-7-4-5-8-13(12)15/h1,4-5,7-10H,3,6,11H2. The van der Waals surface area contributed by atoms with Crippen molar-refractivity contribution in [1.82, 2.24) is 0 Å². The third kappa shape index (κ3) is 2.83. The minimum atomic E-state index is -0.384. The maximum Gasteiger partial charge on any atom is 0.277 e. The van der Waals surface area contributed by atoms with Gasteiger partial charge in [-0.3, -0.25) is 10.1 Å². The Morgan fingerprint density at radius 3 is 2.63 bits per heavy atom. The first-order valence-corrected chi connectivity index (χ1v) is 5.96. The largest absolute Gasteiger partial charge is 0.493 e. The van der Waals surface area contributed by atoms with Gasteiger partial charge in [0.2, 0.25) is 0 Å². The second-order valence-electron chi connectivity index (χ2n) is 4.04. The summed E-state index contributed by atoms with van der Waals surface area (Å²) in [5.74, 6) is 3.20. The van der Waals surface area contributed by atoms with Gasteiger partial charge in [0.25, 0.3) is 5.69 Å². The van der Waals surface area contributed by atoms with E-state index in [1.807, 2.05) is 12.1 Å². The molecule has 4 nitrogen and oxygen atoms in total. The molecular weight excluding hydrogens is 242 g/mol. The summed E-state index contributed by atoms with van der Waals surface area (Å²) in [6, 6.07) is 10.3. The molecular formula is C15H13NO3. The summed E-state index contributed by atoms with van der Waals surface area (Å²) in [5.41, 5.74) is 0.0894. The third-order valence-electron chi connectivity index (χ3n) is 2.78. The molecule has 2 rings (SSSR count). The summed E-state index contributed by atoms with van der Waals surface area (Å²) in [6.45, 7) is 0.506. The van der Waals surface area contributed by atoms with Gasteiger partial charge in [-0.25, -0.2) is 0 Å². The number of fused-ring (bicyclic) bond motifs is 1. The van der Waals surface area contributed by atoms with Gasteiger partial charge in [-0.1, -0.05) is 18.2 Å². The number of hydrogen-bond donors (Lipinski definition) is 0. The van der Waals surface area contributed by atoms with Crippen LogP contribution in [0.3, 0.4) is 0 Å². The van der Waals surface area contributed by atoms with Crippen LogP contribution in [0.25, 0.3) is 10.8 Å². The predicted octanol–water partition coefficient (Wildman–Crippen LogP) is 3.54. The Hall–Kier alpha value is -2.54. The van der Waals surface area contributed by atoms with Gasteiger partial charge in [-0.2, -0.15) is 0 Å². The van der Waals surface area contributed by atoms with Crippen molar-refractivity contribution in [3.8, 4) is 18.1 Å². The Morgan fingerprint density at radius 1 is 1.21 bits per heavy atom. The lowest BCUT2D eigenvalue weighted by atomic mass is 10.1. The van der Waals surface area contributed by atoms with E-state index >= 15 is 0 Å². The summed E-state index contributed by atoms with van der Waals surface area (Å²) in [6.07, 6.45) is 6.59. The summed E-state index contributed by atoms with van der Waals surface area (Å²) < 4.78 is 5.64. The van der Waals surface area contributed by atoms with Crippen LogP contribution in [0.1, 0.15) is 12.8 Å². The highest BCUT2D eigenvalue weighted by atomic mass is 16.6. The average Bonchev–Trinajstić information content (AvgIpc) is 2.43. The van der Waals surface area contributed by atoms with Crippen LogP contribution >= 0.6 is 0 Å². The number of hydrogen-bond acceptors (Lipinski definition) is 3. The average molecular weight is 255 g/mol. The molecule has 0 aliphatic heterocycles. The fourth-order valence-corrected chi connectivity index (χ4v) is 1.90. The minimum Gasteiger partial charge on any atom is -0.493 e. The molecule has 0 heterocycles. The van der Waals surface area contributed by atoms with Gasteiger partial charge in [-0.05, 0) is 18.6 Å². The van der Waals surface area contributed by atoms with Crippen molar-refractivity contribution in [3.63, 3.8) is 0 Å². The van der Waals surface area contributed by atoms with Gasteiger partial charge in [0.05, 0.1) is 16.9 Å². The van der Waals surface area contributed by atoms with Crippen molar-refractivity contribution >= 4 is 16.5 Å². The lowest BCUT2D eigenvalue weighted by Crippen LogP contribution is -1.98. The molecule has 0 aliphatic rings. The van der Waals surface area contributed by atoms with Gasteiger partial charge in [0.1, 0.15) is 5.75 Å². The van der Waals surface area contributed by atoms with E-state index < -0.39 is 0 Å². The molecule has 0 unspecified atom stereocenters. The smallest absolute Gasteiger partial charge is 0.277 e. The third-order valence-corrected chi connectivity index (χ3v) is 2.78. The number of non-ortho nitro benzene ring substituents is 1. The molecule has 0 radical (unpaired) electrons. The number of terminal acetylenes is 1. The van der Waals surface area contributed by atoms with E-state index in [9.17, 15) is 10.1 Å². The van der Waals surface area contributed by atoms with E-state index in [-0.39, 0.29) is 10.6 Å². The van der Waals surface area contributed by atoms with E-state index in [0.717, 1.165) is 11.8 Å². The molecule has 4 heteroatoms. The van der Waals surface area contributed by atoms with Gasteiger partial charge >= 0.3 is 0 Å². The van der Waals surface area contributed by atoms with Crippen molar-refractivity contribution in [2.24, 2.45) is 0 Å². The van der Waals surface area contributed by atoms with Crippen molar-refractivity contribution < 1.29 is 9.66 Å². The lowest BCUT2D eigenvalue weighted by Gasteiger charge is -2.08. The minimum absolute atomic E-state index is 0.0894. The van der Waals surface area contributed by atoms with Crippen LogP contribution in [0.2, 0.25) is 0 Å². The molecule has 96 valence electrons. The van der Waals surface area contributed by atoms with Crippen molar-refractivity contribution in [2.75, 3.05) is 6.61 Å². The first-order valence-electron chi connectivity index (χ1n) is 5.96. The van der Waals surface area contributed by atoms with E-state index in [1.54, 1.807) is 18.2 Å². The van der Waals surface area contributed by atoms with Crippen LogP contribution in [0.5, 0.6) is 5.75 Å².